The first-order valence-corrected chi connectivity index (χ1v) is 10.8. The number of halogens is 1. The van der Waals surface area contributed by atoms with Crippen molar-refractivity contribution in [2.24, 2.45) is 0 Å². The van der Waals surface area contributed by atoms with Gasteiger partial charge in [-0.15, -0.1) is 23.7 Å². The summed E-state index contributed by atoms with van der Waals surface area (Å²) in [5.74, 6) is -0.177. The van der Waals surface area contributed by atoms with Crippen molar-refractivity contribution in [3.63, 3.8) is 0 Å². The van der Waals surface area contributed by atoms with E-state index < -0.39 is 0 Å². The molecule has 0 fully saturated rings. The van der Waals surface area contributed by atoms with Gasteiger partial charge in [0.15, 0.2) is 0 Å². The molecule has 5 aromatic rings. The number of nitrogens with zero attached hydrogens (tertiary/aromatic N) is 3. The fourth-order valence-electron chi connectivity index (χ4n) is 3.97. The smallest absolute Gasteiger partial charge is 0.321 e. The summed E-state index contributed by atoms with van der Waals surface area (Å²) in [6.45, 7) is 0.899. The number of nitrogens with one attached hydrogen (secondary N) is 1. The molecule has 0 radical (unpaired) electrons. The van der Waals surface area contributed by atoms with E-state index in [9.17, 15) is 14.4 Å². The van der Waals surface area contributed by atoms with Gasteiger partial charge in [-0.3, -0.25) is 18.6 Å². The molecule has 0 bridgehead atoms. The van der Waals surface area contributed by atoms with Crippen LogP contribution < -0.4 is 16.6 Å². The molecule has 3 aromatic heterocycles. The average molecular weight is 469 g/mol. The van der Waals surface area contributed by atoms with E-state index in [-0.39, 0.29) is 29.6 Å². The zero-order valence-electron chi connectivity index (χ0n) is 17.5. The molecule has 1 amide bonds. The third-order valence-corrected chi connectivity index (χ3v) is 6.33. The third-order valence-electron chi connectivity index (χ3n) is 5.46. The molecular formula is C23H21ClN4O3S. The van der Waals surface area contributed by atoms with Gasteiger partial charge in [-0.25, -0.2) is 4.79 Å². The summed E-state index contributed by atoms with van der Waals surface area (Å²) in [6.07, 6.45) is 0. The maximum Gasteiger partial charge on any atom is 0.336 e. The van der Waals surface area contributed by atoms with Crippen molar-refractivity contribution >= 4 is 62.5 Å². The van der Waals surface area contributed by atoms with Gasteiger partial charge in [0.2, 0.25) is 0 Å². The number of amides is 1. The molecular weight excluding hydrogens is 448 g/mol. The summed E-state index contributed by atoms with van der Waals surface area (Å²) >= 11 is 1.37. The van der Waals surface area contributed by atoms with Crippen molar-refractivity contribution in [2.75, 3.05) is 26.0 Å². The lowest BCUT2D eigenvalue weighted by Crippen LogP contribution is -2.39. The Morgan fingerprint density at radius 2 is 1.81 bits per heavy atom. The second-order valence-corrected chi connectivity index (χ2v) is 8.69. The van der Waals surface area contributed by atoms with E-state index in [0.717, 1.165) is 10.8 Å². The van der Waals surface area contributed by atoms with Crippen molar-refractivity contribution < 1.29 is 4.79 Å². The monoisotopic (exact) mass is 468 g/mol. The lowest BCUT2D eigenvalue weighted by Gasteiger charge is -2.12. The van der Waals surface area contributed by atoms with Crippen molar-refractivity contribution in [2.45, 2.75) is 6.54 Å². The number of carbonyl (C=O) groups is 1. The first kappa shape index (κ1) is 22.0. The van der Waals surface area contributed by atoms with Crippen LogP contribution in [0.5, 0.6) is 0 Å². The standard InChI is InChI=1S/C23H20N4O3S.ClH/c1-25(2)10-11-26-22(29)16-6-3-5-15-17-13-14(24-21(28)19-7-4-12-31-19)8-9-18(17)27(20(15)16)23(26)30;/h3-9,12-13H,10-11H2,1-2H3,(H,24,28);1H. The van der Waals surface area contributed by atoms with Gasteiger partial charge in [0, 0.05) is 29.5 Å². The SMILES string of the molecule is CN(C)CCn1c(=O)c2cccc3c4cc(NC(=O)c5cccs5)ccc4n(c1=O)c23.Cl. The molecule has 3 heterocycles. The maximum atomic E-state index is 13.3. The first-order valence-electron chi connectivity index (χ1n) is 9.88. The Morgan fingerprint density at radius 3 is 2.53 bits per heavy atom. The Kier molecular flexibility index (Phi) is 5.77. The molecule has 0 saturated heterocycles. The molecule has 1 N–H and O–H groups in total. The summed E-state index contributed by atoms with van der Waals surface area (Å²) in [5.41, 5.74) is 1.34. The van der Waals surface area contributed by atoms with Gasteiger partial charge < -0.3 is 10.2 Å². The number of hydrogen-bond acceptors (Lipinski definition) is 5. The van der Waals surface area contributed by atoms with E-state index >= 15 is 0 Å². The van der Waals surface area contributed by atoms with Crippen LogP contribution in [0.4, 0.5) is 5.69 Å². The number of hydrogen-bond donors (Lipinski definition) is 1. The fourth-order valence-corrected chi connectivity index (χ4v) is 4.59. The van der Waals surface area contributed by atoms with Crippen LogP contribution in [0.2, 0.25) is 0 Å². The van der Waals surface area contributed by atoms with Crippen molar-refractivity contribution in [3.8, 4) is 0 Å². The van der Waals surface area contributed by atoms with Gasteiger partial charge in [0.1, 0.15) is 0 Å². The van der Waals surface area contributed by atoms with Crippen molar-refractivity contribution in [1.82, 2.24) is 13.9 Å². The average Bonchev–Trinajstić information content (AvgIpc) is 3.39. The first-order chi connectivity index (χ1) is 15.0. The van der Waals surface area contributed by atoms with E-state index in [4.69, 9.17) is 0 Å². The topological polar surface area (TPSA) is 75.8 Å². The Balaban J connectivity index is 0.00000245. The summed E-state index contributed by atoms with van der Waals surface area (Å²) in [7, 11) is 3.81. The number of likely N-dealkylation sites (N-methyl/N-ethyl adjacent to an activating group) is 1. The molecule has 0 aliphatic rings. The second kappa shape index (κ2) is 8.38. The van der Waals surface area contributed by atoms with Crippen LogP contribution in [0, 0.1) is 0 Å². The number of aromatic nitrogens is 2. The van der Waals surface area contributed by atoms with Crippen molar-refractivity contribution in [3.05, 3.63) is 79.6 Å². The van der Waals surface area contributed by atoms with Gasteiger partial charge in [-0.05, 0) is 49.8 Å². The van der Waals surface area contributed by atoms with E-state index in [1.807, 2.05) is 54.7 Å². The highest BCUT2D eigenvalue weighted by atomic mass is 35.5. The molecule has 0 atom stereocenters. The molecule has 164 valence electrons. The Morgan fingerprint density at radius 1 is 1.03 bits per heavy atom. The van der Waals surface area contributed by atoms with Crippen LogP contribution in [0.3, 0.4) is 0 Å². The van der Waals surface area contributed by atoms with Crippen LogP contribution >= 0.6 is 23.7 Å². The number of carbonyl (C=O) groups excluding carboxylic acids is 1. The van der Waals surface area contributed by atoms with E-state index in [0.29, 0.717) is 40.1 Å². The summed E-state index contributed by atoms with van der Waals surface area (Å²) in [5, 5.41) is 6.91. The number of fused-ring (bicyclic) bond motifs is 3. The predicted octanol–water partition coefficient (Wildman–Crippen LogP) is 3.50. The summed E-state index contributed by atoms with van der Waals surface area (Å²) < 4.78 is 2.91. The van der Waals surface area contributed by atoms with Gasteiger partial charge in [-0.2, -0.15) is 0 Å². The molecule has 0 aliphatic carbocycles. The molecule has 9 heteroatoms. The molecule has 2 aromatic carbocycles. The van der Waals surface area contributed by atoms with Crippen LogP contribution in [0.25, 0.3) is 27.2 Å². The molecule has 0 aliphatic heterocycles. The molecule has 7 nitrogen and oxygen atoms in total. The largest absolute Gasteiger partial charge is 0.336 e. The lowest BCUT2D eigenvalue weighted by atomic mass is 10.1. The summed E-state index contributed by atoms with van der Waals surface area (Å²) in [6, 6.07) is 14.6. The zero-order valence-corrected chi connectivity index (χ0v) is 19.1. The number of benzene rings is 2. The number of para-hydroxylation sites is 1. The molecule has 32 heavy (non-hydrogen) atoms. The van der Waals surface area contributed by atoms with Gasteiger partial charge in [-0.1, -0.05) is 18.2 Å². The minimum Gasteiger partial charge on any atom is -0.321 e. The minimum absolute atomic E-state index is 0. The van der Waals surface area contributed by atoms with Crippen molar-refractivity contribution in [1.29, 1.82) is 0 Å². The molecule has 5 rings (SSSR count). The molecule has 0 spiro atoms. The number of thiophene rings is 1. The minimum atomic E-state index is -0.346. The third kappa shape index (κ3) is 3.46. The Labute approximate surface area is 193 Å². The quantitative estimate of drug-likeness (QED) is 0.428. The van der Waals surface area contributed by atoms with Crippen LogP contribution in [0.15, 0.2) is 63.5 Å². The van der Waals surface area contributed by atoms with Gasteiger partial charge in [0.05, 0.1) is 21.3 Å². The highest BCUT2D eigenvalue weighted by Gasteiger charge is 2.19. The van der Waals surface area contributed by atoms with E-state index in [1.165, 1.54) is 15.9 Å². The predicted molar refractivity (Wildman–Crippen MR) is 132 cm³/mol. The number of anilines is 1. The Hall–Kier alpha value is -3.20. The van der Waals surface area contributed by atoms with Crippen LogP contribution in [0.1, 0.15) is 9.67 Å². The maximum absolute atomic E-state index is 13.3. The van der Waals surface area contributed by atoms with Gasteiger partial charge >= 0.3 is 5.69 Å². The Bertz CT molecular complexity index is 1550. The second-order valence-electron chi connectivity index (χ2n) is 7.74. The highest BCUT2D eigenvalue weighted by molar-refractivity contribution is 7.12. The van der Waals surface area contributed by atoms with Crippen LogP contribution in [-0.4, -0.2) is 40.4 Å². The number of rotatable bonds is 5. The van der Waals surface area contributed by atoms with E-state index in [2.05, 4.69) is 5.32 Å². The highest BCUT2D eigenvalue weighted by Crippen LogP contribution is 2.31. The molecule has 0 saturated carbocycles. The van der Waals surface area contributed by atoms with E-state index in [1.54, 1.807) is 22.6 Å². The lowest BCUT2D eigenvalue weighted by molar-refractivity contribution is 0.103. The fraction of sp³-hybridized carbons (Fsp3) is 0.174. The summed E-state index contributed by atoms with van der Waals surface area (Å²) in [4.78, 5) is 41.4. The van der Waals surface area contributed by atoms with Crippen LogP contribution in [-0.2, 0) is 6.54 Å². The zero-order chi connectivity index (χ0) is 21.7. The van der Waals surface area contributed by atoms with Gasteiger partial charge in [0.25, 0.3) is 11.5 Å². The normalized spacial score (nSPS) is 11.5. The molecule has 0 unspecified atom stereocenters.